The summed E-state index contributed by atoms with van der Waals surface area (Å²) >= 11 is 2.03. The van der Waals surface area contributed by atoms with Gasteiger partial charge in [-0.05, 0) is 41.2 Å². The fourth-order valence-electron chi connectivity index (χ4n) is 1.77. The lowest BCUT2D eigenvalue weighted by molar-refractivity contribution is 0.730. The normalized spacial score (nSPS) is 20.4. The molecule has 0 saturated carbocycles. The van der Waals surface area contributed by atoms with Gasteiger partial charge in [0.05, 0.1) is 0 Å². The van der Waals surface area contributed by atoms with Gasteiger partial charge in [-0.1, -0.05) is 0 Å². The molecule has 0 bridgehead atoms. The molecule has 1 atom stereocenters. The van der Waals surface area contributed by atoms with Crippen molar-refractivity contribution in [2.75, 3.05) is 17.6 Å². The standard InChI is InChI=1S/C9H12N6S/c1-2-7(16-5-1)6-10-8-3-4-9-11-13-14-15(9)12-8/h3-4,7H,1-2,5-6H2,(H,10,12). The Morgan fingerprint density at radius 2 is 2.50 bits per heavy atom. The highest BCUT2D eigenvalue weighted by Gasteiger charge is 2.15. The molecule has 0 aromatic carbocycles. The molecular weight excluding hydrogens is 224 g/mol. The van der Waals surface area contributed by atoms with Crippen LogP contribution in [0.15, 0.2) is 12.1 Å². The van der Waals surface area contributed by atoms with Crippen molar-refractivity contribution in [3.63, 3.8) is 0 Å². The van der Waals surface area contributed by atoms with Crippen LogP contribution < -0.4 is 5.32 Å². The van der Waals surface area contributed by atoms with Crippen molar-refractivity contribution >= 4 is 23.2 Å². The van der Waals surface area contributed by atoms with Crippen LogP contribution >= 0.6 is 11.8 Å². The van der Waals surface area contributed by atoms with Crippen LogP contribution in [0, 0.1) is 0 Å². The Kier molecular flexibility index (Phi) is 2.61. The smallest absolute Gasteiger partial charge is 0.200 e. The Morgan fingerprint density at radius 1 is 1.50 bits per heavy atom. The molecule has 2 aromatic heterocycles. The van der Waals surface area contributed by atoms with Crippen LogP contribution in [0.2, 0.25) is 0 Å². The van der Waals surface area contributed by atoms with E-state index in [1.807, 2.05) is 23.9 Å². The van der Waals surface area contributed by atoms with Gasteiger partial charge in [0.15, 0.2) is 5.65 Å². The Balaban J connectivity index is 1.68. The maximum absolute atomic E-state index is 4.26. The number of nitrogens with one attached hydrogen (secondary N) is 1. The Labute approximate surface area is 96.8 Å². The summed E-state index contributed by atoms with van der Waals surface area (Å²) in [5.74, 6) is 2.11. The lowest BCUT2D eigenvalue weighted by Gasteiger charge is -2.09. The zero-order chi connectivity index (χ0) is 10.8. The summed E-state index contributed by atoms with van der Waals surface area (Å²) < 4.78 is 1.43. The molecule has 3 rings (SSSR count). The number of thioether (sulfide) groups is 1. The van der Waals surface area contributed by atoms with E-state index in [0.29, 0.717) is 10.9 Å². The number of anilines is 1. The zero-order valence-electron chi connectivity index (χ0n) is 8.70. The highest BCUT2D eigenvalue weighted by atomic mass is 32.2. The second-order valence-electron chi connectivity index (χ2n) is 3.76. The first-order chi connectivity index (χ1) is 7.92. The molecule has 0 aliphatic carbocycles. The molecule has 0 radical (unpaired) electrons. The summed E-state index contributed by atoms with van der Waals surface area (Å²) in [7, 11) is 0. The number of fused-ring (bicyclic) bond motifs is 1. The quantitative estimate of drug-likeness (QED) is 0.851. The lowest BCUT2D eigenvalue weighted by Crippen LogP contribution is -2.15. The molecule has 1 saturated heterocycles. The summed E-state index contributed by atoms with van der Waals surface area (Å²) in [6.45, 7) is 0.964. The van der Waals surface area contributed by atoms with E-state index in [9.17, 15) is 0 Å². The third-order valence-corrected chi connectivity index (χ3v) is 4.00. The van der Waals surface area contributed by atoms with Crippen LogP contribution in [0.25, 0.3) is 5.65 Å². The summed E-state index contributed by atoms with van der Waals surface area (Å²) in [6.07, 6.45) is 2.63. The maximum atomic E-state index is 4.26. The molecule has 1 fully saturated rings. The Morgan fingerprint density at radius 3 is 3.38 bits per heavy atom. The van der Waals surface area contributed by atoms with E-state index in [-0.39, 0.29) is 0 Å². The summed E-state index contributed by atoms with van der Waals surface area (Å²) in [5.41, 5.74) is 0.667. The van der Waals surface area contributed by atoms with Gasteiger partial charge in [0.25, 0.3) is 0 Å². The zero-order valence-corrected chi connectivity index (χ0v) is 9.52. The van der Waals surface area contributed by atoms with E-state index in [4.69, 9.17) is 0 Å². The second kappa shape index (κ2) is 4.25. The van der Waals surface area contributed by atoms with Crippen molar-refractivity contribution in [2.24, 2.45) is 0 Å². The van der Waals surface area contributed by atoms with Gasteiger partial charge in [-0.2, -0.15) is 11.8 Å². The number of nitrogens with zero attached hydrogens (tertiary/aromatic N) is 5. The summed E-state index contributed by atoms with van der Waals surface area (Å²) in [5, 5.41) is 19.4. The Bertz CT molecular complexity index is 478. The van der Waals surface area contributed by atoms with Crippen molar-refractivity contribution in [3.05, 3.63) is 12.1 Å². The average Bonchev–Trinajstić information content (AvgIpc) is 2.97. The van der Waals surface area contributed by atoms with Crippen molar-refractivity contribution in [3.8, 4) is 0 Å². The molecule has 7 heteroatoms. The number of hydrogen-bond donors (Lipinski definition) is 1. The minimum atomic E-state index is 0.667. The van der Waals surface area contributed by atoms with Crippen molar-refractivity contribution in [1.82, 2.24) is 25.3 Å². The minimum absolute atomic E-state index is 0.667. The van der Waals surface area contributed by atoms with Gasteiger partial charge in [0, 0.05) is 11.8 Å². The molecule has 1 aliphatic heterocycles. The summed E-state index contributed by atoms with van der Waals surface area (Å²) in [4.78, 5) is 0. The fourth-order valence-corrected chi connectivity index (χ4v) is 2.97. The van der Waals surface area contributed by atoms with Gasteiger partial charge in [-0.15, -0.1) is 14.8 Å². The molecule has 2 aromatic rings. The highest BCUT2D eigenvalue weighted by Crippen LogP contribution is 2.25. The topological polar surface area (TPSA) is 68.0 Å². The minimum Gasteiger partial charge on any atom is -0.367 e. The average molecular weight is 236 g/mol. The van der Waals surface area contributed by atoms with Gasteiger partial charge in [-0.25, -0.2) is 0 Å². The van der Waals surface area contributed by atoms with E-state index in [0.717, 1.165) is 12.4 Å². The first-order valence-corrected chi connectivity index (χ1v) is 6.37. The number of hydrogen-bond acceptors (Lipinski definition) is 6. The van der Waals surface area contributed by atoms with E-state index < -0.39 is 0 Å². The molecule has 84 valence electrons. The number of rotatable bonds is 3. The first kappa shape index (κ1) is 9.83. The van der Waals surface area contributed by atoms with Crippen LogP contribution in [0.4, 0.5) is 5.82 Å². The second-order valence-corrected chi connectivity index (χ2v) is 5.17. The molecule has 1 unspecified atom stereocenters. The van der Waals surface area contributed by atoms with Crippen LogP contribution in [-0.4, -0.2) is 42.8 Å². The monoisotopic (exact) mass is 236 g/mol. The van der Waals surface area contributed by atoms with Crippen LogP contribution in [0.1, 0.15) is 12.8 Å². The third-order valence-electron chi connectivity index (χ3n) is 2.60. The van der Waals surface area contributed by atoms with Crippen molar-refractivity contribution in [2.45, 2.75) is 18.1 Å². The van der Waals surface area contributed by atoms with Crippen LogP contribution in [0.5, 0.6) is 0 Å². The van der Waals surface area contributed by atoms with Crippen molar-refractivity contribution in [1.29, 1.82) is 0 Å². The van der Waals surface area contributed by atoms with Gasteiger partial charge in [0.2, 0.25) is 0 Å². The highest BCUT2D eigenvalue weighted by molar-refractivity contribution is 8.00. The molecule has 3 heterocycles. The van der Waals surface area contributed by atoms with Gasteiger partial charge in [-0.3, -0.25) is 0 Å². The Hall–Kier alpha value is -1.37. The molecule has 0 amide bonds. The lowest BCUT2D eigenvalue weighted by atomic mass is 10.2. The van der Waals surface area contributed by atoms with E-state index >= 15 is 0 Å². The molecular formula is C9H12N6S. The molecule has 0 spiro atoms. The van der Waals surface area contributed by atoms with Crippen LogP contribution in [0.3, 0.4) is 0 Å². The maximum Gasteiger partial charge on any atom is 0.200 e. The van der Waals surface area contributed by atoms with E-state index in [1.54, 1.807) is 0 Å². The molecule has 1 N–H and O–H groups in total. The predicted molar refractivity (Wildman–Crippen MR) is 62.5 cm³/mol. The summed E-state index contributed by atoms with van der Waals surface area (Å²) in [6, 6.07) is 3.77. The van der Waals surface area contributed by atoms with Gasteiger partial charge >= 0.3 is 0 Å². The number of tetrazole rings is 1. The molecule has 1 aliphatic rings. The number of aromatic nitrogens is 5. The largest absolute Gasteiger partial charge is 0.367 e. The SMILES string of the molecule is c1cc2nnnn2nc1NCC1CCCS1. The first-order valence-electron chi connectivity index (χ1n) is 5.33. The van der Waals surface area contributed by atoms with E-state index in [2.05, 4.69) is 25.9 Å². The molecule has 6 nitrogen and oxygen atoms in total. The predicted octanol–water partition coefficient (Wildman–Crippen LogP) is 0.827. The van der Waals surface area contributed by atoms with Gasteiger partial charge in [0.1, 0.15) is 5.82 Å². The van der Waals surface area contributed by atoms with Crippen LogP contribution in [-0.2, 0) is 0 Å². The third kappa shape index (κ3) is 1.95. The molecule has 16 heavy (non-hydrogen) atoms. The van der Waals surface area contributed by atoms with Crippen molar-refractivity contribution < 1.29 is 0 Å². The van der Waals surface area contributed by atoms with Gasteiger partial charge < -0.3 is 5.32 Å². The van der Waals surface area contributed by atoms with E-state index in [1.165, 1.54) is 23.2 Å². The fraction of sp³-hybridized carbons (Fsp3) is 0.556.